The van der Waals surface area contributed by atoms with Crippen LogP contribution in [0.25, 0.3) is 39.6 Å². The fraction of sp³-hybridized carbons (Fsp3) is 0.206. The number of para-hydroxylation sites is 1. The Balaban J connectivity index is 1.45. The summed E-state index contributed by atoms with van der Waals surface area (Å²) >= 11 is 0. The van der Waals surface area contributed by atoms with E-state index in [1.165, 1.54) is 0 Å². The molecule has 2 aromatic heterocycles. The van der Waals surface area contributed by atoms with Crippen LogP contribution in [0.5, 0.6) is 0 Å². The number of hydrogen-bond acceptors (Lipinski definition) is 4. The number of benzene rings is 3. The van der Waals surface area contributed by atoms with Crippen molar-refractivity contribution in [2.45, 2.75) is 44.7 Å². The molecule has 1 aliphatic heterocycles. The molecule has 41 heavy (non-hydrogen) atoms. The molecule has 0 atom stereocenters. The van der Waals surface area contributed by atoms with Gasteiger partial charge in [-0.3, -0.25) is 9.47 Å². The third-order valence-corrected chi connectivity index (χ3v) is 8.08. The number of nitrogens with zero attached hydrogens (tertiary/aromatic N) is 4. The molecule has 204 valence electrons. The van der Waals surface area contributed by atoms with Crippen molar-refractivity contribution in [3.63, 3.8) is 0 Å². The number of hydrogen-bond donors (Lipinski definition) is 2. The number of amides is 1. The standard InChI is InChI=1S/C34H31N5O2/c1-33(2,3)39(32(40)41)34(19-20-34)24-17-15-23(16-18-24)29-28(22-10-5-4-6-11-22)37-31-25-12-7-8-13-26(25)36-30-27(38(29)31)14-9-21-35-30/h4-18,21H,19-20H2,1-3H3,(H,35,36)(H,40,41). The van der Waals surface area contributed by atoms with Gasteiger partial charge in [0, 0.05) is 28.4 Å². The van der Waals surface area contributed by atoms with Crippen LogP contribution in [0.2, 0.25) is 0 Å². The van der Waals surface area contributed by atoms with Gasteiger partial charge >= 0.3 is 6.09 Å². The van der Waals surface area contributed by atoms with E-state index in [0.29, 0.717) is 0 Å². The van der Waals surface area contributed by atoms with Gasteiger partial charge in [0.1, 0.15) is 5.82 Å². The van der Waals surface area contributed by atoms with Crippen LogP contribution in [-0.4, -0.2) is 36.2 Å². The maximum absolute atomic E-state index is 12.4. The second kappa shape index (κ2) is 9.06. The molecular weight excluding hydrogens is 510 g/mol. The summed E-state index contributed by atoms with van der Waals surface area (Å²) in [6.45, 7) is 5.88. The lowest BCUT2D eigenvalue weighted by Crippen LogP contribution is -2.51. The second-order valence-corrected chi connectivity index (χ2v) is 11.8. The van der Waals surface area contributed by atoms with E-state index in [1.807, 2.05) is 63.2 Å². The number of carbonyl (C=O) groups is 1. The third kappa shape index (κ3) is 3.99. The lowest BCUT2D eigenvalue weighted by molar-refractivity contribution is 0.0595. The molecule has 3 aromatic carbocycles. The summed E-state index contributed by atoms with van der Waals surface area (Å²) in [6.07, 6.45) is 2.53. The third-order valence-electron chi connectivity index (χ3n) is 8.08. The van der Waals surface area contributed by atoms with Crippen molar-refractivity contribution >= 4 is 17.6 Å². The van der Waals surface area contributed by atoms with E-state index in [0.717, 1.165) is 69.5 Å². The molecule has 2 aliphatic rings. The minimum atomic E-state index is -0.887. The lowest BCUT2D eigenvalue weighted by atomic mass is 9.94. The molecule has 1 saturated carbocycles. The summed E-state index contributed by atoms with van der Waals surface area (Å²) in [7, 11) is 0. The highest BCUT2D eigenvalue weighted by atomic mass is 16.4. The van der Waals surface area contributed by atoms with Gasteiger partial charge in [-0.15, -0.1) is 0 Å². The van der Waals surface area contributed by atoms with Gasteiger partial charge in [0.2, 0.25) is 0 Å². The molecule has 3 heterocycles. The predicted octanol–water partition coefficient (Wildman–Crippen LogP) is 8.09. The summed E-state index contributed by atoms with van der Waals surface area (Å²) in [4.78, 5) is 24.0. The zero-order valence-electron chi connectivity index (χ0n) is 23.3. The van der Waals surface area contributed by atoms with Gasteiger partial charge < -0.3 is 10.4 Å². The molecule has 0 radical (unpaired) electrons. The van der Waals surface area contributed by atoms with Gasteiger partial charge in [-0.25, -0.2) is 14.8 Å². The molecule has 2 N–H and O–H groups in total. The summed E-state index contributed by atoms with van der Waals surface area (Å²) in [5.41, 5.74) is 6.71. The zero-order chi connectivity index (χ0) is 28.4. The Morgan fingerprint density at radius 2 is 1.61 bits per heavy atom. The lowest BCUT2D eigenvalue weighted by Gasteiger charge is -2.40. The molecule has 5 aromatic rings. The molecule has 1 aliphatic carbocycles. The summed E-state index contributed by atoms with van der Waals surface area (Å²) < 4.78 is 2.20. The normalized spacial score (nSPS) is 14.6. The average Bonchev–Trinajstić information content (AvgIpc) is 3.67. The van der Waals surface area contributed by atoms with E-state index in [1.54, 1.807) is 11.1 Å². The SMILES string of the molecule is CC(C)(C)N(C(=O)O)C1(c2ccc(-c3c(-c4ccccc4)nc4n3-c3cccnc3Nc3ccccc3-4)cc2)CC1. The van der Waals surface area contributed by atoms with Crippen molar-refractivity contribution in [3.05, 3.63) is 103 Å². The minimum Gasteiger partial charge on any atom is -0.465 e. The van der Waals surface area contributed by atoms with Gasteiger partial charge in [-0.2, -0.15) is 0 Å². The molecule has 7 rings (SSSR count). The Morgan fingerprint density at radius 1 is 0.902 bits per heavy atom. The van der Waals surface area contributed by atoms with Crippen LogP contribution >= 0.6 is 0 Å². The molecule has 0 unspecified atom stereocenters. The highest BCUT2D eigenvalue weighted by Gasteiger charge is 2.55. The number of pyridine rings is 1. The van der Waals surface area contributed by atoms with Crippen molar-refractivity contribution < 1.29 is 9.90 Å². The molecule has 7 nitrogen and oxygen atoms in total. The van der Waals surface area contributed by atoms with Gasteiger partial charge in [0.15, 0.2) is 5.82 Å². The van der Waals surface area contributed by atoms with Crippen LogP contribution in [0.4, 0.5) is 16.3 Å². The van der Waals surface area contributed by atoms with Crippen LogP contribution < -0.4 is 5.32 Å². The number of fused-ring (bicyclic) bond motifs is 5. The molecule has 1 fully saturated rings. The molecular formula is C34H31N5O2. The van der Waals surface area contributed by atoms with Crippen molar-refractivity contribution in [2.75, 3.05) is 5.32 Å². The van der Waals surface area contributed by atoms with E-state index in [9.17, 15) is 9.90 Å². The van der Waals surface area contributed by atoms with E-state index in [-0.39, 0.29) is 0 Å². The topological polar surface area (TPSA) is 83.3 Å². The van der Waals surface area contributed by atoms with Crippen molar-refractivity contribution in [1.82, 2.24) is 19.4 Å². The number of nitrogens with one attached hydrogen (secondary N) is 1. The largest absolute Gasteiger partial charge is 0.465 e. The molecule has 0 saturated heterocycles. The molecule has 1 amide bonds. The first-order valence-corrected chi connectivity index (χ1v) is 13.9. The Bertz CT molecular complexity index is 1780. The minimum absolute atomic E-state index is 0.501. The Kier molecular flexibility index (Phi) is 5.54. The van der Waals surface area contributed by atoms with Gasteiger partial charge in [0.25, 0.3) is 0 Å². The van der Waals surface area contributed by atoms with E-state index >= 15 is 0 Å². The quantitative estimate of drug-likeness (QED) is 0.236. The number of anilines is 2. The van der Waals surface area contributed by atoms with Crippen molar-refractivity contribution in [1.29, 1.82) is 0 Å². The van der Waals surface area contributed by atoms with Crippen LogP contribution in [0.3, 0.4) is 0 Å². The summed E-state index contributed by atoms with van der Waals surface area (Å²) in [5, 5.41) is 13.7. The van der Waals surface area contributed by atoms with Crippen LogP contribution in [-0.2, 0) is 5.54 Å². The smallest absolute Gasteiger partial charge is 0.408 e. The first kappa shape index (κ1) is 25.1. The number of aromatic nitrogens is 3. The summed E-state index contributed by atoms with van der Waals surface area (Å²) in [6, 6.07) is 30.8. The van der Waals surface area contributed by atoms with E-state index in [4.69, 9.17) is 4.98 Å². The van der Waals surface area contributed by atoms with Crippen LogP contribution in [0.1, 0.15) is 39.2 Å². The maximum atomic E-state index is 12.4. The maximum Gasteiger partial charge on any atom is 0.408 e. The Labute approximate surface area is 239 Å². The van der Waals surface area contributed by atoms with Crippen LogP contribution in [0, 0.1) is 0 Å². The van der Waals surface area contributed by atoms with Crippen LogP contribution in [0.15, 0.2) is 97.2 Å². The van der Waals surface area contributed by atoms with Crippen molar-refractivity contribution in [2.24, 2.45) is 0 Å². The van der Waals surface area contributed by atoms with Gasteiger partial charge in [-0.05, 0) is 63.4 Å². The fourth-order valence-electron chi connectivity index (χ4n) is 6.30. The number of rotatable bonds is 4. The Morgan fingerprint density at radius 3 is 2.29 bits per heavy atom. The first-order valence-electron chi connectivity index (χ1n) is 13.9. The van der Waals surface area contributed by atoms with E-state index in [2.05, 4.69) is 63.4 Å². The summed E-state index contributed by atoms with van der Waals surface area (Å²) in [5.74, 6) is 1.59. The predicted molar refractivity (Wildman–Crippen MR) is 161 cm³/mol. The molecule has 0 spiro atoms. The van der Waals surface area contributed by atoms with E-state index < -0.39 is 17.2 Å². The molecule has 7 heteroatoms. The number of carboxylic acid groups (broad SMARTS) is 1. The zero-order valence-corrected chi connectivity index (χ0v) is 23.3. The number of imidazole rings is 1. The Hall–Kier alpha value is -4.91. The van der Waals surface area contributed by atoms with Gasteiger partial charge in [-0.1, -0.05) is 66.7 Å². The fourth-order valence-corrected chi connectivity index (χ4v) is 6.30. The average molecular weight is 542 g/mol. The van der Waals surface area contributed by atoms with Gasteiger partial charge in [0.05, 0.1) is 28.3 Å². The molecule has 0 bridgehead atoms. The van der Waals surface area contributed by atoms with Crippen molar-refractivity contribution in [3.8, 4) is 39.6 Å². The highest BCUT2D eigenvalue weighted by Crippen LogP contribution is 2.54. The highest BCUT2D eigenvalue weighted by molar-refractivity contribution is 5.90. The first-order chi connectivity index (χ1) is 19.8. The second-order valence-electron chi connectivity index (χ2n) is 11.8. The monoisotopic (exact) mass is 541 g/mol.